The van der Waals surface area contributed by atoms with Gasteiger partial charge >= 0.3 is 6.61 Å². The van der Waals surface area contributed by atoms with Crippen molar-refractivity contribution in [2.45, 2.75) is 44.9 Å². The van der Waals surface area contributed by atoms with Gasteiger partial charge in [-0.1, -0.05) is 0 Å². The number of hydrogen-bond acceptors (Lipinski definition) is 5. The van der Waals surface area contributed by atoms with E-state index >= 15 is 0 Å². The number of amides is 1. The van der Waals surface area contributed by atoms with Crippen LogP contribution >= 0.6 is 0 Å². The van der Waals surface area contributed by atoms with Crippen LogP contribution in [-0.4, -0.2) is 40.2 Å². The Morgan fingerprint density at radius 3 is 2.61 bits per heavy atom. The largest absolute Gasteiger partial charge is 0.496 e. The molecular weight excluding hydrogens is 408 g/mol. The molecule has 2 aromatic heterocycles. The zero-order chi connectivity index (χ0) is 22.3. The van der Waals surface area contributed by atoms with Crippen LogP contribution in [0.1, 0.15) is 42.6 Å². The Labute approximate surface area is 177 Å². The standard InChI is InChI=1S/C22H23F2N3O4/c1-22(2,29)13-6-7-27-15(11-25-18(27)10-13)12-8-16(30-3)19(17(9-12)31-21(23)24)20(28)26-14-4-5-14/h6-11,14,21,29H,4-5H2,1-3H3,(H,26,28). The van der Waals surface area contributed by atoms with Gasteiger partial charge in [0.15, 0.2) is 0 Å². The van der Waals surface area contributed by atoms with Crippen molar-refractivity contribution in [2.24, 2.45) is 0 Å². The Morgan fingerprint density at radius 2 is 2.00 bits per heavy atom. The van der Waals surface area contributed by atoms with Gasteiger partial charge < -0.3 is 19.9 Å². The molecule has 2 N–H and O–H groups in total. The second-order valence-electron chi connectivity index (χ2n) is 8.02. The Balaban J connectivity index is 1.82. The van der Waals surface area contributed by atoms with E-state index in [1.807, 2.05) is 0 Å². The maximum absolute atomic E-state index is 13.1. The number of benzene rings is 1. The highest BCUT2D eigenvalue weighted by atomic mass is 19.3. The van der Waals surface area contributed by atoms with E-state index in [4.69, 9.17) is 4.74 Å². The number of pyridine rings is 1. The molecule has 0 unspecified atom stereocenters. The number of hydrogen-bond donors (Lipinski definition) is 2. The second kappa shape index (κ2) is 7.81. The molecule has 164 valence electrons. The van der Waals surface area contributed by atoms with Gasteiger partial charge in [0.05, 0.1) is 24.6 Å². The van der Waals surface area contributed by atoms with Crippen molar-refractivity contribution in [3.63, 3.8) is 0 Å². The molecule has 7 nitrogen and oxygen atoms in total. The average Bonchev–Trinajstić information content (AvgIpc) is 3.40. The average molecular weight is 431 g/mol. The predicted octanol–water partition coefficient (Wildman–Crippen LogP) is 3.73. The maximum Gasteiger partial charge on any atom is 0.387 e. The molecule has 3 aromatic rings. The molecule has 1 aliphatic rings. The summed E-state index contributed by atoms with van der Waals surface area (Å²) in [5.41, 5.74) is 1.22. The molecule has 1 fully saturated rings. The lowest BCUT2D eigenvalue weighted by molar-refractivity contribution is -0.0502. The van der Waals surface area contributed by atoms with Crippen LogP contribution in [0.5, 0.6) is 11.5 Å². The summed E-state index contributed by atoms with van der Waals surface area (Å²) in [6, 6.07) is 6.51. The van der Waals surface area contributed by atoms with Gasteiger partial charge in [0.25, 0.3) is 5.91 Å². The van der Waals surface area contributed by atoms with Gasteiger partial charge in [-0.2, -0.15) is 8.78 Å². The lowest BCUT2D eigenvalue weighted by Gasteiger charge is -2.18. The summed E-state index contributed by atoms with van der Waals surface area (Å²) in [4.78, 5) is 17.0. The normalized spacial score (nSPS) is 14.2. The summed E-state index contributed by atoms with van der Waals surface area (Å²) in [5, 5.41) is 13.0. The molecule has 0 atom stereocenters. The molecular formula is C22H23F2N3O4. The van der Waals surface area contributed by atoms with E-state index in [1.54, 1.807) is 48.8 Å². The van der Waals surface area contributed by atoms with Crippen molar-refractivity contribution in [2.75, 3.05) is 7.11 Å². The van der Waals surface area contributed by atoms with Gasteiger partial charge in [-0.15, -0.1) is 0 Å². The minimum Gasteiger partial charge on any atom is -0.496 e. The summed E-state index contributed by atoms with van der Waals surface area (Å²) in [5.74, 6) is -0.672. The molecule has 1 aromatic carbocycles. The Bertz CT molecular complexity index is 1130. The van der Waals surface area contributed by atoms with Crippen LogP contribution in [0.15, 0.2) is 36.7 Å². The summed E-state index contributed by atoms with van der Waals surface area (Å²) < 4.78 is 38.0. The molecule has 1 amide bonds. The summed E-state index contributed by atoms with van der Waals surface area (Å²) in [6.45, 7) is 0.240. The van der Waals surface area contributed by atoms with Crippen LogP contribution in [0.4, 0.5) is 8.78 Å². The minimum absolute atomic E-state index is 0.0417. The quantitative estimate of drug-likeness (QED) is 0.596. The van der Waals surface area contributed by atoms with Crippen LogP contribution in [0.25, 0.3) is 16.9 Å². The predicted molar refractivity (Wildman–Crippen MR) is 110 cm³/mol. The van der Waals surface area contributed by atoms with Gasteiger partial charge in [0.2, 0.25) is 0 Å². The number of imidazole rings is 1. The molecule has 2 heterocycles. The monoisotopic (exact) mass is 431 g/mol. The molecule has 31 heavy (non-hydrogen) atoms. The molecule has 0 spiro atoms. The number of nitrogens with zero attached hydrogens (tertiary/aromatic N) is 2. The highest BCUT2D eigenvalue weighted by Crippen LogP contribution is 2.37. The van der Waals surface area contributed by atoms with Crippen LogP contribution < -0.4 is 14.8 Å². The van der Waals surface area contributed by atoms with Crippen molar-refractivity contribution < 1.29 is 28.2 Å². The number of alkyl halides is 2. The zero-order valence-electron chi connectivity index (χ0n) is 17.4. The number of carbonyl (C=O) groups is 1. The van der Waals surface area contributed by atoms with Crippen LogP contribution in [0.2, 0.25) is 0 Å². The Hall–Kier alpha value is -3.20. The first kappa shape index (κ1) is 21.0. The van der Waals surface area contributed by atoms with Gasteiger partial charge in [-0.3, -0.25) is 9.20 Å². The van der Waals surface area contributed by atoms with Gasteiger partial charge in [-0.05, 0) is 56.5 Å². The molecule has 1 aliphatic carbocycles. The molecule has 0 radical (unpaired) electrons. The first-order valence-corrected chi connectivity index (χ1v) is 9.85. The number of aliphatic hydroxyl groups is 1. The van der Waals surface area contributed by atoms with Gasteiger partial charge in [-0.25, -0.2) is 4.98 Å². The maximum atomic E-state index is 13.1. The summed E-state index contributed by atoms with van der Waals surface area (Å²) >= 11 is 0. The number of ether oxygens (including phenoxy) is 2. The first-order chi connectivity index (χ1) is 14.7. The van der Waals surface area contributed by atoms with E-state index in [-0.39, 0.29) is 23.1 Å². The number of fused-ring (bicyclic) bond motifs is 1. The van der Waals surface area contributed by atoms with Crippen LogP contribution in [0, 0.1) is 0 Å². The third kappa shape index (κ3) is 4.32. The molecule has 9 heteroatoms. The number of methoxy groups -OCH3 is 1. The minimum atomic E-state index is -3.11. The summed E-state index contributed by atoms with van der Waals surface area (Å²) in [7, 11) is 1.36. The van der Waals surface area contributed by atoms with E-state index in [0.29, 0.717) is 22.5 Å². The van der Waals surface area contributed by atoms with Crippen molar-refractivity contribution in [3.05, 3.63) is 47.8 Å². The smallest absolute Gasteiger partial charge is 0.387 e. The molecule has 0 saturated heterocycles. The molecule has 4 rings (SSSR count). The van der Waals surface area contributed by atoms with Crippen molar-refractivity contribution in [1.29, 1.82) is 0 Å². The third-order valence-electron chi connectivity index (χ3n) is 5.16. The molecule has 0 bridgehead atoms. The van der Waals surface area contributed by atoms with Gasteiger partial charge in [0, 0.05) is 17.8 Å². The number of rotatable bonds is 7. The third-order valence-corrected chi connectivity index (χ3v) is 5.16. The number of aromatic nitrogens is 2. The van der Waals surface area contributed by atoms with E-state index in [2.05, 4.69) is 15.0 Å². The van der Waals surface area contributed by atoms with E-state index in [9.17, 15) is 18.7 Å². The van der Waals surface area contributed by atoms with E-state index in [1.165, 1.54) is 13.2 Å². The highest BCUT2D eigenvalue weighted by molar-refractivity contribution is 6.01. The fraction of sp³-hybridized carbons (Fsp3) is 0.364. The first-order valence-electron chi connectivity index (χ1n) is 9.85. The number of carbonyl (C=O) groups excluding carboxylic acids is 1. The summed E-state index contributed by atoms with van der Waals surface area (Å²) in [6.07, 6.45) is 5.02. The van der Waals surface area contributed by atoms with Crippen LogP contribution in [0.3, 0.4) is 0 Å². The van der Waals surface area contributed by atoms with Crippen molar-refractivity contribution in [3.8, 4) is 22.8 Å². The highest BCUT2D eigenvalue weighted by Gasteiger charge is 2.29. The Kier molecular flexibility index (Phi) is 5.30. The van der Waals surface area contributed by atoms with Crippen molar-refractivity contribution >= 4 is 11.6 Å². The number of halogens is 2. The SMILES string of the molecule is COc1cc(-c2cnc3cc(C(C)(C)O)ccn23)cc(OC(F)F)c1C(=O)NC1CC1. The Morgan fingerprint density at radius 1 is 1.29 bits per heavy atom. The fourth-order valence-corrected chi connectivity index (χ4v) is 3.37. The van der Waals surface area contributed by atoms with E-state index < -0.39 is 18.1 Å². The zero-order valence-corrected chi connectivity index (χ0v) is 17.4. The second-order valence-corrected chi connectivity index (χ2v) is 8.02. The van der Waals surface area contributed by atoms with Crippen LogP contribution in [-0.2, 0) is 5.60 Å². The molecule has 1 saturated carbocycles. The molecule has 0 aliphatic heterocycles. The number of nitrogens with one attached hydrogen (secondary N) is 1. The topological polar surface area (TPSA) is 85.1 Å². The fourth-order valence-electron chi connectivity index (χ4n) is 3.37. The van der Waals surface area contributed by atoms with Gasteiger partial charge in [0.1, 0.15) is 22.7 Å². The van der Waals surface area contributed by atoms with E-state index in [0.717, 1.165) is 12.8 Å². The lowest BCUT2D eigenvalue weighted by atomic mass is 10.00. The van der Waals surface area contributed by atoms with Crippen molar-refractivity contribution in [1.82, 2.24) is 14.7 Å². The lowest BCUT2D eigenvalue weighted by Crippen LogP contribution is -2.26.